The highest BCUT2D eigenvalue weighted by Gasteiger charge is 2.29. The van der Waals surface area contributed by atoms with Crippen molar-refractivity contribution in [3.63, 3.8) is 0 Å². The van der Waals surface area contributed by atoms with E-state index in [0.717, 1.165) is 29.7 Å². The molecule has 128 valence electrons. The predicted octanol–water partition coefficient (Wildman–Crippen LogP) is 1.94. The van der Waals surface area contributed by atoms with Gasteiger partial charge in [-0.05, 0) is 31.9 Å². The Bertz CT molecular complexity index is 879. The average molecular weight is 347 g/mol. The van der Waals surface area contributed by atoms with Gasteiger partial charge in [0.25, 0.3) is 10.2 Å². The molecule has 0 aliphatic heterocycles. The third kappa shape index (κ3) is 3.29. The quantitative estimate of drug-likeness (QED) is 0.828. The van der Waals surface area contributed by atoms with Crippen molar-refractivity contribution >= 4 is 21.2 Å². The maximum absolute atomic E-state index is 12.4. The second-order valence-corrected chi connectivity index (χ2v) is 7.99. The van der Waals surface area contributed by atoms with Crippen LogP contribution in [0.2, 0.25) is 0 Å². The summed E-state index contributed by atoms with van der Waals surface area (Å²) in [7, 11) is -2.18. The number of hydrogen-bond acceptors (Lipinski definition) is 4. The molecule has 1 atom stereocenters. The van der Waals surface area contributed by atoms with E-state index < -0.39 is 10.2 Å². The summed E-state index contributed by atoms with van der Waals surface area (Å²) in [6.07, 6.45) is 2.34. The van der Waals surface area contributed by atoms with Crippen LogP contribution in [0.5, 0.6) is 0 Å². The summed E-state index contributed by atoms with van der Waals surface area (Å²) >= 11 is 0. The van der Waals surface area contributed by atoms with Gasteiger partial charge in [-0.15, -0.1) is 0 Å². The SMILES string of the molecule is C[C@@H](CC#N)N(C)S(=O)(=O)NCc1nc2ccccc2n1C1CC1. The first-order valence-corrected chi connectivity index (χ1v) is 9.43. The van der Waals surface area contributed by atoms with Crippen LogP contribution in [0.25, 0.3) is 11.0 Å². The van der Waals surface area contributed by atoms with Crippen molar-refractivity contribution in [3.05, 3.63) is 30.1 Å². The largest absolute Gasteiger partial charge is 0.324 e. The van der Waals surface area contributed by atoms with E-state index in [0.29, 0.717) is 6.04 Å². The Kier molecular flexibility index (Phi) is 4.58. The van der Waals surface area contributed by atoms with Crippen LogP contribution in [-0.2, 0) is 16.8 Å². The lowest BCUT2D eigenvalue weighted by atomic mass is 10.3. The Morgan fingerprint density at radius 2 is 2.17 bits per heavy atom. The first-order valence-electron chi connectivity index (χ1n) is 7.99. The lowest BCUT2D eigenvalue weighted by molar-refractivity contribution is 0.385. The summed E-state index contributed by atoms with van der Waals surface area (Å²) in [5, 5.41) is 8.74. The number of fused-ring (bicyclic) bond motifs is 1. The van der Waals surface area contributed by atoms with Gasteiger partial charge < -0.3 is 4.57 Å². The number of aromatic nitrogens is 2. The van der Waals surface area contributed by atoms with E-state index in [-0.39, 0.29) is 19.0 Å². The summed E-state index contributed by atoms with van der Waals surface area (Å²) < 4.78 is 30.7. The van der Waals surface area contributed by atoms with E-state index in [1.165, 1.54) is 11.4 Å². The number of imidazole rings is 1. The Balaban J connectivity index is 1.81. The topological polar surface area (TPSA) is 91.0 Å². The second-order valence-electron chi connectivity index (χ2n) is 6.17. The monoisotopic (exact) mass is 347 g/mol. The molecule has 0 saturated heterocycles. The molecule has 1 aromatic heterocycles. The first kappa shape index (κ1) is 16.9. The number of benzene rings is 1. The van der Waals surface area contributed by atoms with Crippen LogP contribution in [0.1, 0.15) is 38.1 Å². The van der Waals surface area contributed by atoms with Crippen molar-refractivity contribution in [1.82, 2.24) is 18.6 Å². The normalized spacial score (nSPS) is 16.4. The molecule has 3 rings (SSSR count). The van der Waals surface area contributed by atoms with Gasteiger partial charge in [0.1, 0.15) is 5.82 Å². The van der Waals surface area contributed by atoms with E-state index in [4.69, 9.17) is 5.26 Å². The zero-order valence-corrected chi connectivity index (χ0v) is 14.6. The van der Waals surface area contributed by atoms with Crippen molar-refractivity contribution in [2.45, 2.75) is 44.8 Å². The van der Waals surface area contributed by atoms with Crippen molar-refractivity contribution in [2.24, 2.45) is 0 Å². The molecule has 8 heteroatoms. The molecular formula is C16H21N5O2S. The molecule has 1 fully saturated rings. The van der Waals surface area contributed by atoms with Gasteiger partial charge in [0.15, 0.2) is 0 Å². The minimum atomic E-state index is -3.66. The first-order chi connectivity index (χ1) is 11.4. The number of hydrogen-bond donors (Lipinski definition) is 1. The number of para-hydroxylation sites is 2. The van der Waals surface area contributed by atoms with Crippen LogP contribution in [0, 0.1) is 11.3 Å². The van der Waals surface area contributed by atoms with E-state index in [9.17, 15) is 8.42 Å². The van der Waals surface area contributed by atoms with Gasteiger partial charge in [0, 0.05) is 19.1 Å². The predicted molar refractivity (Wildman–Crippen MR) is 91.2 cm³/mol. The molecule has 1 heterocycles. The fraction of sp³-hybridized carbons (Fsp3) is 0.500. The fourth-order valence-electron chi connectivity index (χ4n) is 2.71. The van der Waals surface area contributed by atoms with Gasteiger partial charge in [-0.3, -0.25) is 0 Å². The Morgan fingerprint density at radius 3 is 2.83 bits per heavy atom. The van der Waals surface area contributed by atoms with Gasteiger partial charge in [-0.25, -0.2) is 4.98 Å². The Hall–Kier alpha value is -1.95. The summed E-state index contributed by atoms with van der Waals surface area (Å²) in [5.74, 6) is 0.726. The van der Waals surface area contributed by atoms with Crippen LogP contribution in [0.3, 0.4) is 0 Å². The highest BCUT2D eigenvalue weighted by atomic mass is 32.2. The fourth-order valence-corrected chi connectivity index (χ4v) is 3.78. The molecule has 0 unspecified atom stereocenters. The molecule has 1 saturated carbocycles. The van der Waals surface area contributed by atoms with Gasteiger partial charge in [0.2, 0.25) is 0 Å². The number of rotatable bonds is 7. The molecule has 0 radical (unpaired) electrons. The molecule has 24 heavy (non-hydrogen) atoms. The summed E-state index contributed by atoms with van der Waals surface area (Å²) in [6.45, 7) is 1.85. The van der Waals surface area contributed by atoms with E-state index in [1.807, 2.05) is 30.3 Å². The van der Waals surface area contributed by atoms with Gasteiger partial charge >= 0.3 is 0 Å². The molecule has 1 N–H and O–H groups in total. The van der Waals surface area contributed by atoms with Crippen molar-refractivity contribution in [2.75, 3.05) is 7.05 Å². The molecule has 1 aliphatic carbocycles. The molecule has 0 bridgehead atoms. The second kappa shape index (κ2) is 6.51. The average Bonchev–Trinajstić information content (AvgIpc) is 3.32. The molecule has 2 aromatic rings. The smallest absolute Gasteiger partial charge is 0.279 e. The minimum Gasteiger partial charge on any atom is -0.324 e. The molecule has 7 nitrogen and oxygen atoms in total. The summed E-state index contributed by atoms with van der Waals surface area (Å²) in [5.41, 5.74) is 1.92. The van der Waals surface area contributed by atoms with E-state index >= 15 is 0 Å². The number of nitrogens with zero attached hydrogens (tertiary/aromatic N) is 4. The summed E-state index contributed by atoms with van der Waals surface area (Å²) in [6, 6.07) is 9.87. The van der Waals surface area contributed by atoms with Crippen LogP contribution >= 0.6 is 0 Å². The van der Waals surface area contributed by atoms with Crippen molar-refractivity contribution in [1.29, 1.82) is 5.26 Å². The zero-order valence-electron chi connectivity index (χ0n) is 13.8. The van der Waals surface area contributed by atoms with E-state index in [2.05, 4.69) is 14.3 Å². The van der Waals surface area contributed by atoms with Gasteiger partial charge in [-0.2, -0.15) is 22.7 Å². The zero-order chi connectivity index (χ0) is 17.3. The molecular weight excluding hydrogens is 326 g/mol. The Morgan fingerprint density at radius 1 is 1.46 bits per heavy atom. The lowest BCUT2D eigenvalue weighted by Crippen LogP contribution is -2.42. The van der Waals surface area contributed by atoms with Gasteiger partial charge in [0.05, 0.1) is 30.1 Å². The standard InChI is InChI=1S/C16H21N5O2S/c1-12(9-10-17)20(2)24(22,23)18-11-16-19-14-5-3-4-6-15(14)21(16)13-7-8-13/h3-6,12-13,18H,7-9,11H2,1-2H3/t12-/m0/s1. The third-order valence-corrected chi connectivity index (χ3v) is 6.01. The number of nitrogens with one attached hydrogen (secondary N) is 1. The van der Waals surface area contributed by atoms with Crippen molar-refractivity contribution in [3.8, 4) is 6.07 Å². The van der Waals surface area contributed by atoms with Gasteiger partial charge in [-0.1, -0.05) is 12.1 Å². The number of nitriles is 1. The van der Waals surface area contributed by atoms with Crippen LogP contribution < -0.4 is 4.72 Å². The minimum absolute atomic E-state index is 0.136. The molecule has 0 amide bonds. The Labute approximate surface area is 142 Å². The molecule has 1 aliphatic rings. The van der Waals surface area contributed by atoms with Crippen LogP contribution in [0.15, 0.2) is 24.3 Å². The maximum atomic E-state index is 12.4. The highest BCUT2D eigenvalue weighted by molar-refractivity contribution is 7.87. The third-order valence-electron chi connectivity index (χ3n) is 4.38. The molecule has 1 aromatic carbocycles. The summed E-state index contributed by atoms with van der Waals surface area (Å²) in [4.78, 5) is 4.58. The van der Waals surface area contributed by atoms with E-state index in [1.54, 1.807) is 6.92 Å². The highest BCUT2D eigenvalue weighted by Crippen LogP contribution is 2.38. The lowest BCUT2D eigenvalue weighted by Gasteiger charge is -2.22. The maximum Gasteiger partial charge on any atom is 0.279 e. The van der Waals surface area contributed by atoms with Crippen LogP contribution in [-0.4, -0.2) is 35.4 Å². The molecule has 0 spiro atoms. The van der Waals surface area contributed by atoms with Crippen molar-refractivity contribution < 1.29 is 8.42 Å². The van der Waals surface area contributed by atoms with Crippen LogP contribution in [0.4, 0.5) is 0 Å².